The molecule has 0 N–H and O–H groups in total. The van der Waals surface area contributed by atoms with E-state index < -0.39 is 11.0 Å². The summed E-state index contributed by atoms with van der Waals surface area (Å²) in [5, 5.41) is 10.6. The van der Waals surface area contributed by atoms with E-state index in [9.17, 15) is 14.9 Å². The molecule has 114 valence electrons. The van der Waals surface area contributed by atoms with E-state index in [0.29, 0.717) is 5.69 Å². The molecule has 2 aromatic carbocycles. The highest BCUT2D eigenvalue weighted by Crippen LogP contribution is 2.19. The van der Waals surface area contributed by atoms with Gasteiger partial charge < -0.3 is 4.74 Å². The number of carbonyl (C=O) groups excluding carboxylic acids is 1. The zero-order valence-corrected chi connectivity index (χ0v) is 11.8. The predicted molar refractivity (Wildman–Crippen MR) is 82.2 cm³/mol. The highest BCUT2D eigenvalue weighted by Gasteiger charge is 2.11. The summed E-state index contributed by atoms with van der Waals surface area (Å²) in [5.74, 6) is 0.218. The van der Waals surface area contributed by atoms with Gasteiger partial charge in [0.1, 0.15) is 12.1 Å². The molecule has 0 aliphatic heterocycles. The molecule has 0 spiro atoms. The van der Waals surface area contributed by atoms with Crippen molar-refractivity contribution in [3.8, 4) is 17.0 Å². The summed E-state index contributed by atoms with van der Waals surface area (Å²) < 4.78 is 6.36. The summed E-state index contributed by atoms with van der Waals surface area (Å²) in [5.41, 5.74) is 1.46. The summed E-state index contributed by atoms with van der Waals surface area (Å²) in [6.45, 7) is 0. The van der Waals surface area contributed by atoms with Crippen molar-refractivity contribution in [2.75, 3.05) is 0 Å². The van der Waals surface area contributed by atoms with Crippen LogP contribution in [0.4, 0.5) is 10.5 Å². The molecular weight excluding hydrogens is 298 g/mol. The van der Waals surface area contributed by atoms with E-state index in [2.05, 4.69) is 4.98 Å². The van der Waals surface area contributed by atoms with E-state index in [4.69, 9.17) is 4.74 Å². The van der Waals surface area contributed by atoms with Gasteiger partial charge in [0.15, 0.2) is 0 Å². The van der Waals surface area contributed by atoms with Gasteiger partial charge in [-0.1, -0.05) is 30.3 Å². The van der Waals surface area contributed by atoms with Crippen molar-refractivity contribution in [2.24, 2.45) is 0 Å². The van der Waals surface area contributed by atoms with Crippen molar-refractivity contribution >= 4 is 11.8 Å². The lowest BCUT2D eigenvalue weighted by Crippen LogP contribution is -2.14. The van der Waals surface area contributed by atoms with Crippen LogP contribution in [0.3, 0.4) is 0 Å². The van der Waals surface area contributed by atoms with Crippen molar-refractivity contribution in [2.45, 2.75) is 0 Å². The number of nitro groups is 1. The SMILES string of the molecule is O=C(Oc1ccc([N+](=O)[O-])cc1)n1cnc(-c2ccccc2)c1. The fraction of sp³-hybridized carbons (Fsp3) is 0. The fourth-order valence-electron chi connectivity index (χ4n) is 1.97. The van der Waals surface area contributed by atoms with Gasteiger partial charge in [-0.15, -0.1) is 0 Å². The van der Waals surface area contributed by atoms with Gasteiger partial charge in [-0.25, -0.2) is 14.3 Å². The number of hydrogen-bond acceptors (Lipinski definition) is 5. The second kappa shape index (κ2) is 6.10. The van der Waals surface area contributed by atoms with E-state index in [0.717, 1.165) is 5.56 Å². The first-order valence-electron chi connectivity index (χ1n) is 6.69. The summed E-state index contributed by atoms with van der Waals surface area (Å²) in [4.78, 5) is 26.3. The number of non-ortho nitro benzene ring substituents is 1. The Balaban J connectivity index is 1.74. The number of rotatable bonds is 3. The van der Waals surface area contributed by atoms with Gasteiger partial charge in [-0.05, 0) is 12.1 Å². The third-order valence-corrected chi connectivity index (χ3v) is 3.12. The number of benzene rings is 2. The molecule has 23 heavy (non-hydrogen) atoms. The van der Waals surface area contributed by atoms with Crippen LogP contribution in [-0.4, -0.2) is 20.6 Å². The normalized spacial score (nSPS) is 10.3. The molecule has 0 bridgehead atoms. The number of hydrogen-bond donors (Lipinski definition) is 0. The van der Waals surface area contributed by atoms with Crippen molar-refractivity contribution < 1.29 is 14.5 Å². The maximum atomic E-state index is 12.0. The second-order valence-corrected chi connectivity index (χ2v) is 4.65. The molecule has 0 saturated carbocycles. The van der Waals surface area contributed by atoms with Crippen LogP contribution < -0.4 is 4.74 Å². The molecule has 3 aromatic rings. The van der Waals surface area contributed by atoms with Crippen LogP contribution in [0.1, 0.15) is 0 Å². The lowest BCUT2D eigenvalue weighted by atomic mass is 10.2. The Labute approximate surface area is 130 Å². The molecule has 1 heterocycles. The molecule has 0 saturated heterocycles. The van der Waals surface area contributed by atoms with Gasteiger partial charge in [-0.3, -0.25) is 10.1 Å². The topological polar surface area (TPSA) is 87.3 Å². The third kappa shape index (κ3) is 3.24. The van der Waals surface area contributed by atoms with Gasteiger partial charge in [0.05, 0.1) is 10.6 Å². The van der Waals surface area contributed by atoms with Crippen LogP contribution in [0, 0.1) is 10.1 Å². The first kappa shape index (κ1) is 14.5. The van der Waals surface area contributed by atoms with E-state index >= 15 is 0 Å². The Hall–Kier alpha value is -3.48. The monoisotopic (exact) mass is 309 g/mol. The molecule has 0 aliphatic carbocycles. The van der Waals surface area contributed by atoms with E-state index in [1.165, 1.54) is 35.2 Å². The lowest BCUT2D eigenvalue weighted by Gasteiger charge is -2.03. The number of carbonyl (C=O) groups is 1. The van der Waals surface area contributed by atoms with E-state index in [1.54, 1.807) is 6.20 Å². The van der Waals surface area contributed by atoms with Crippen molar-refractivity contribution in [1.29, 1.82) is 0 Å². The molecule has 0 unspecified atom stereocenters. The smallest absolute Gasteiger partial charge is 0.410 e. The van der Waals surface area contributed by atoms with E-state index in [1.807, 2.05) is 30.3 Å². The highest BCUT2D eigenvalue weighted by atomic mass is 16.6. The average molecular weight is 309 g/mol. The average Bonchev–Trinajstić information content (AvgIpc) is 3.06. The number of nitro benzene ring substituents is 1. The summed E-state index contributed by atoms with van der Waals surface area (Å²) in [6, 6.07) is 14.7. The summed E-state index contributed by atoms with van der Waals surface area (Å²) in [6.07, 6.45) is 2.27. The highest BCUT2D eigenvalue weighted by molar-refractivity contribution is 5.74. The summed E-state index contributed by atoms with van der Waals surface area (Å²) in [7, 11) is 0. The molecule has 0 atom stereocenters. The Morgan fingerprint density at radius 2 is 1.78 bits per heavy atom. The standard InChI is InChI=1S/C16H11N3O4/c20-16(23-14-8-6-13(7-9-14)19(21)22)18-10-15(17-11-18)12-4-2-1-3-5-12/h1-11H. The fourth-order valence-corrected chi connectivity index (χ4v) is 1.97. The zero-order chi connectivity index (χ0) is 16.2. The van der Waals surface area contributed by atoms with Gasteiger partial charge in [0, 0.05) is 23.9 Å². The van der Waals surface area contributed by atoms with Crippen LogP contribution in [0.25, 0.3) is 11.3 Å². The molecular formula is C16H11N3O4. The van der Waals surface area contributed by atoms with Gasteiger partial charge in [0.2, 0.25) is 0 Å². The van der Waals surface area contributed by atoms with E-state index in [-0.39, 0.29) is 11.4 Å². The Kier molecular flexibility index (Phi) is 3.84. The molecule has 0 radical (unpaired) electrons. The van der Waals surface area contributed by atoms with Crippen LogP contribution in [0.2, 0.25) is 0 Å². The molecule has 0 amide bonds. The van der Waals surface area contributed by atoms with Crippen molar-refractivity contribution in [1.82, 2.24) is 9.55 Å². The Morgan fingerprint density at radius 1 is 1.09 bits per heavy atom. The number of aromatic nitrogens is 2. The lowest BCUT2D eigenvalue weighted by molar-refractivity contribution is -0.384. The molecule has 7 nitrogen and oxygen atoms in total. The first-order chi connectivity index (χ1) is 11.1. The maximum absolute atomic E-state index is 12.0. The number of ether oxygens (including phenoxy) is 1. The van der Waals surface area contributed by atoms with Gasteiger partial charge in [-0.2, -0.15) is 0 Å². The minimum absolute atomic E-state index is 0.0706. The molecule has 0 aliphatic rings. The van der Waals surface area contributed by atoms with Crippen LogP contribution in [0.5, 0.6) is 5.75 Å². The molecule has 7 heteroatoms. The number of imidazole rings is 1. The number of nitrogens with zero attached hydrogens (tertiary/aromatic N) is 3. The molecule has 0 fully saturated rings. The van der Waals surface area contributed by atoms with Crippen molar-refractivity contribution in [3.05, 3.63) is 77.2 Å². The molecule has 3 rings (SSSR count). The largest absolute Gasteiger partial charge is 0.424 e. The molecule has 1 aromatic heterocycles. The maximum Gasteiger partial charge on any atom is 0.424 e. The minimum atomic E-state index is -0.645. The van der Waals surface area contributed by atoms with Gasteiger partial charge in [0.25, 0.3) is 5.69 Å². The van der Waals surface area contributed by atoms with Crippen LogP contribution >= 0.6 is 0 Å². The summed E-state index contributed by atoms with van der Waals surface area (Å²) >= 11 is 0. The van der Waals surface area contributed by atoms with Crippen LogP contribution in [0.15, 0.2) is 67.1 Å². The Morgan fingerprint density at radius 3 is 2.43 bits per heavy atom. The second-order valence-electron chi connectivity index (χ2n) is 4.65. The van der Waals surface area contributed by atoms with Crippen molar-refractivity contribution in [3.63, 3.8) is 0 Å². The Bertz CT molecular complexity index is 841. The van der Waals surface area contributed by atoms with Crippen LogP contribution in [-0.2, 0) is 0 Å². The quantitative estimate of drug-likeness (QED) is 0.546. The predicted octanol–water partition coefficient (Wildman–Crippen LogP) is 3.51. The minimum Gasteiger partial charge on any atom is -0.410 e. The zero-order valence-electron chi connectivity index (χ0n) is 11.8. The third-order valence-electron chi connectivity index (χ3n) is 3.12. The van der Waals surface area contributed by atoms with Gasteiger partial charge >= 0.3 is 6.09 Å². The first-order valence-corrected chi connectivity index (χ1v) is 6.69.